The molecule has 0 rings (SSSR count). The van der Waals surface area contributed by atoms with Crippen molar-refractivity contribution in [3.63, 3.8) is 0 Å². The van der Waals surface area contributed by atoms with Gasteiger partial charge in [0, 0.05) is 41.3 Å². The maximum atomic E-state index is 12.5. The van der Waals surface area contributed by atoms with E-state index in [1.54, 1.807) is 0 Å². The first-order chi connectivity index (χ1) is 13.4. The molecule has 0 heterocycles. The Bertz CT molecular complexity index is 395. The first-order valence-corrected chi connectivity index (χ1v) is 13.9. The molecule has 0 aromatic rings. The standard InChI is InChI=1S/C16H33F6NO4Si2/c1-24-28(25-2,13-7-15(17,18)19)11-5-9-23-10-6-12-29(26-3,27-4)14-8-16(20,21)22/h23H,5-14H2,1-4H3. The zero-order valence-electron chi connectivity index (χ0n) is 17.5. The van der Waals surface area contributed by atoms with Crippen molar-refractivity contribution in [1.82, 2.24) is 5.32 Å². The van der Waals surface area contributed by atoms with Gasteiger partial charge in [-0.25, -0.2) is 0 Å². The summed E-state index contributed by atoms with van der Waals surface area (Å²) < 4.78 is 96.1. The lowest BCUT2D eigenvalue weighted by molar-refractivity contribution is -0.132. The van der Waals surface area contributed by atoms with Crippen LogP contribution in [0.5, 0.6) is 0 Å². The van der Waals surface area contributed by atoms with Crippen LogP contribution in [0.25, 0.3) is 0 Å². The molecule has 0 fully saturated rings. The Labute approximate surface area is 170 Å². The van der Waals surface area contributed by atoms with Gasteiger partial charge in [0.2, 0.25) is 0 Å². The number of rotatable bonds is 16. The minimum absolute atomic E-state index is 0.154. The van der Waals surface area contributed by atoms with Crippen molar-refractivity contribution in [2.75, 3.05) is 41.5 Å². The zero-order valence-corrected chi connectivity index (χ0v) is 19.5. The lowest BCUT2D eigenvalue weighted by Gasteiger charge is -2.28. The Morgan fingerprint density at radius 1 is 0.586 bits per heavy atom. The van der Waals surface area contributed by atoms with Crippen molar-refractivity contribution in [2.24, 2.45) is 0 Å². The maximum absolute atomic E-state index is 12.5. The van der Waals surface area contributed by atoms with Crippen LogP contribution in [0.2, 0.25) is 24.2 Å². The van der Waals surface area contributed by atoms with E-state index in [1.165, 1.54) is 28.4 Å². The predicted octanol–water partition coefficient (Wildman–Crippen LogP) is 4.73. The van der Waals surface area contributed by atoms with Crippen molar-refractivity contribution < 1.29 is 44.0 Å². The molecule has 0 aliphatic rings. The minimum Gasteiger partial charge on any atom is -0.398 e. The summed E-state index contributed by atoms with van der Waals surface area (Å²) in [6, 6.07) is 0.532. The normalized spacial score (nSPS) is 13.9. The zero-order chi connectivity index (χ0) is 22.6. The van der Waals surface area contributed by atoms with Gasteiger partial charge in [-0.05, 0) is 50.1 Å². The van der Waals surface area contributed by atoms with Crippen LogP contribution in [0, 0.1) is 0 Å². The van der Waals surface area contributed by atoms with E-state index < -0.39 is 42.3 Å². The van der Waals surface area contributed by atoms with Crippen LogP contribution in [0.4, 0.5) is 26.3 Å². The summed E-state index contributed by atoms with van der Waals surface area (Å²) in [5.41, 5.74) is 0. The van der Waals surface area contributed by atoms with E-state index in [0.29, 0.717) is 38.0 Å². The average Bonchev–Trinajstić information content (AvgIpc) is 2.65. The smallest absolute Gasteiger partial charge is 0.389 e. The van der Waals surface area contributed by atoms with Gasteiger partial charge >= 0.3 is 29.5 Å². The van der Waals surface area contributed by atoms with Gasteiger partial charge in [0.1, 0.15) is 0 Å². The lowest BCUT2D eigenvalue weighted by Crippen LogP contribution is -2.42. The highest BCUT2D eigenvalue weighted by atomic mass is 28.4. The van der Waals surface area contributed by atoms with Crippen molar-refractivity contribution in [3.05, 3.63) is 0 Å². The van der Waals surface area contributed by atoms with Crippen molar-refractivity contribution >= 4 is 17.1 Å². The van der Waals surface area contributed by atoms with E-state index in [9.17, 15) is 26.3 Å². The van der Waals surface area contributed by atoms with Gasteiger partial charge < -0.3 is 23.0 Å². The summed E-state index contributed by atoms with van der Waals surface area (Å²) in [7, 11) is -0.282. The van der Waals surface area contributed by atoms with Crippen molar-refractivity contribution in [1.29, 1.82) is 0 Å². The van der Waals surface area contributed by atoms with Crippen LogP contribution in [0.3, 0.4) is 0 Å². The largest absolute Gasteiger partial charge is 0.398 e. The molecule has 0 radical (unpaired) electrons. The first kappa shape index (κ1) is 28.8. The molecule has 0 amide bonds. The molecule has 0 atom stereocenters. The summed E-state index contributed by atoms with van der Waals surface area (Å²) in [5, 5.41) is 3.15. The molecule has 0 aliphatic heterocycles. The Balaban J connectivity index is 4.25. The number of hydrogen-bond donors (Lipinski definition) is 1. The van der Waals surface area contributed by atoms with Crippen molar-refractivity contribution in [3.8, 4) is 0 Å². The molecular formula is C16H33F6NO4Si2. The molecule has 0 aliphatic carbocycles. The fourth-order valence-corrected chi connectivity index (χ4v) is 8.21. The molecule has 0 bridgehead atoms. The number of nitrogens with one attached hydrogen (secondary N) is 1. The third kappa shape index (κ3) is 13.0. The SMILES string of the molecule is CO[Si](CCCNCCC[Si](CCC(F)(F)F)(OC)OC)(CCC(F)(F)F)OC. The summed E-state index contributed by atoms with van der Waals surface area (Å²) in [6.07, 6.45) is -9.22. The molecule has 176 valence electrons. The third-order valence-corrected chi connectivity index (χ3v) is 12.1. The van der Waals surface area contributed by atoms with Gasteiger partial charge in [0.25, 0.3) is 0 Å². The van der Waals surface area contributed by atoms with Crippen molar-refractivity contribution in [2.45, 2.75) is 62.2 Å². The van der Waals surface area contributed by atoms with Crippen LogP contribution in [0.15, 0.2) is 0 Å². The van der Waals surface area contributed by atoms with Gasteiger partial charge in [0.15, 0.2) is 0 Å². The van der Waals surface area contributed by atoms with E-state index in [4.69, 9.17) is 17.7 Å². The fourth-order valence-electron chi connectivity index (χ4n) is 2.99. The highest BCUT2D eigenvalue weighted by Crippen LogP contribution is 2.30. The quantitative estimate of drug-likeness (QED) is 0.200. The van der Waals surface area contributed by atoms with Crippen LogP contribution in [-0.2, 0) is 17.7 Å². The predicted molar refractivity (Wildman–Crippen MR) is 102 cm³/mol. The molecule has 0 saturated carbocycles. The molecule has 5 nitrogen and oxygen atoms in total. The van der Waals surface area contributed by atoms with E-state index in [1.807, 2.05) is 0 Å². The Hall–Kier alpha value is -0.186. The van der Waals surface area contributed by atoms with Gasteiger partial charge in [-0.15, -0.1) is 0 Å². The molecular weight excluding hydrogens is 440 g/mol. The Kier molecular flexibility index (Phi) is 13.2. The Morgan fingerprint density at radius 2 is 0.897 bits per heavy atom. The molecule has 0 unspecified atom stereocenters. The monoisotopic (exact) mass is 473 g/mol. The van der Waals surface area contributed by atoms with E-state index in [2.05, 4.69) is 5.32 Å². The summed E-state index contributed by atoms with van der Waals surface area (Å²) in [5.74, 6) is 0. The second-order valence-corrected chi connectivity index (χ2v) is 14.1. The maximum Gasteiger partial charge on any atom is 0.389 e. The molecule has 0 aromatic heterocycles. The van der Waals surface area contributed by atoms with Gasteiger partial charge in [-0.2, -0.15) is 26.3 Å². The topological polar surface area (TPSA) is 49.0 Å². The van der Waals surface area contributed by atoms with E-state index >= 15 is 0 Å². The molecule has 0 saturated heterocycles. The second-order valence-electron chi connectivity index (χ2n) is 6.83. The van der Waals surface area contributed by atoms with Gasteiger partial charge in [-0.3, -0.25) is 0 Å². The summed E-state index contributed by atoms with van der Waals surface area (Å²) in [4.78, 5) is 0. The molecule has 29 heavy (non-hydrogen) atoms. The number of alkyl halides is 6. The van der Waals surface area contributed by atoms with Gasteiger partial charge in [-0.1, -0.05) is 0 Å². The van der Waals surface area contributed by atoms with Gasteiger partial charge in [0.05, 0.1) is 0 Å². The summed E-state index contributed by atoms with van der Waals surface area (Å²) >= 11 is 0. The third-order valence-electron chi connectivity index (χ3n) is 4.89. The number of hydrogen-bond acceptors (Lipinski definition) is 5. The van der Waals surface area contributed by atoms with Crippen LogP contribution in [0.1, 0.15) is 25.7 Å². The summed E-state index contributed by atoms with van der Waals surface area (Å²) in [6.45, 7) is 1.09. The van der Waals surface area contributed by atoms with Crippen LogP contribution in [-0.4, -0.2) is 71.0 Å². The highest BCUT2D eigenvalue weighted by Gasteiger charge is 2.41. The van der Waals surface area contributed by atoms with Crippen LogP contribution >= 0.6 is 0 Å². The second kappa shape index (κ2) is 13.3. The van der Waals surface area contributed by atoms with Crippen LogP contribution < -0.4 is 5.32 Å². The molecule has 0 aromatic carbocycles. The highest BCUT2D eigenvalue weighted by molar-refractivity contribution is 6.67. The average molecular weight is 474 g/mol. The molecule has 13 heteroatoms. The lowest BCUT2D eigenvalue weighted by atomic mass is 10.4. The molecule has 0 spiro atoms. The first-order valence-electron chi connectivity index (χ1n) is 9.41. The Morgan fingerprint density at radius 3 is 1.14 bits per heavy atom. The van der Waals surface area contributed by atoms with E-state index in [-0.39, 0.29) is 12.1 Å². The fraction of sp³-hybridized carbons (Fsp3) is 1.00. The molecule has 1 N–H and O–H groups in total. The minimum atomic E-state index is -4.25. The van der Waals surface area contributed by atoms with E-state index in [0.717, 1.165) is 0 Å². The number of halogens is 6.